The molecule has 0 aliphatic heterocycles. The minimum Gasteiger partial charge on any atom is -0.465 e. The Labute approximate surface area is 117 Å². The van der Waals surface area contributed by atoms with Gasteiger partial charge in [-0.3, -0.25) is 4.79 Å². The van der Waals surface area contributed by atoms with E-state index in [4.69, 9.17) is 16.3 Å². The smallest absolute Gasteiger partial charge is 0.319 e. The molecule has 1 atom stereocenters. The van der Waals surface area contributed by atoms with Crippen molar-refractivity contribution in [2.75, 3.05) is 18.9 Å². The van der Waals surface area contributed by atoms with Crippen LogP contribution in [0.2, 0.25) is 5.02 Å². The van der Waals surface area contributed by atoms with E-state index >= 15 is 0 Å². The van der Waals surface area contributed by atoms with Crippen LogP contribution in [0.5, 0.6) is 0 Å². The Morgan fingerprint density at radius 1 is 1.44 bits per heavy atom. The van der Waals surface area contributed by atoms with Gasteiger partial charge < -0.3 is 10.1 Å². The third-order valence-electron chi connectivity index (χ3n) is 2.21. The third kappa shape index (κ3) is 6.28. The molecule has 1 N–H and O–H groups in total. The molecule has 0 bridgehead atoms. The predicted molar refractivity (Wildman–Crippen MR) is 76.3 cm³/mol. The Hall–Kier alpha value is -0.710. The average molecular weight is 288 g/mol. The van der Waals surface area contributed by atoms with E-state index in [9.17, 15) is 4.79 Å². The molecule has 3 nitrogen and oxygen atoms in total. The number of thioether (sulfide) groups is 1. The zero-order valence-corrected chi connectivity index (χ0v) is 12.2. The van der Waals surface area contributed by atoms with Gasteiger partial charge in [0.05, 0.1) is 13.2 Å². The second-order valence-corrected chi connectivity index (χ2v) is 5.38. The lowest BCUT2D eigenvalue weighted by Crippen LogP contribution is -2.33. The van der Waals surface area contributed by atoms with Crippen molar-refractivity contribution in [1.82, 2.24) is 5.32 Å². The molecule has 1 aromatic rings. The molecule has 0 spiro atoms. The summed E-state index contributed by atoms with van der Waals surface area (Å²) in [5, 5.41) is 3.87. The van der Waals surface area contributed by atoms with Crippen molar-refractivity contribution < 1.29 is 9.53 Å². The minimum atomic E-state index is -0.208. The maximum absolute atomic E-state index is 11.2. The summed E-state index contributed by atoms with van der Waals surface area (Å²) in [6.07, 6.45) is 0. The van der Waals surface area contributed by atoms with Crippen LogP contribution in [0.25, 0.3) is 0 Å². The second kappa shape index (κ2) is 8.40. The fourth-order valence-electron chi connectivity index (χ4n) is 1.28. The van der Waals surface area contributed by atoms with Crippen LogP contribution in [-0.4, -0.2) is 30.9 Å². The molecular weight excluding hydrogens is 270 g/mol. The lowest BCUT2D eigenvalue weighted by atomic mass is 10.4. The number of ether oxygens (including phenoxy) is 1. The molecule has 0 saturated carbocycles. The number of carbonyl (C=O) groups is 1. The van der Waals surface area contributed by atoms with Crippen molar-refractivity contribution >= 4 is 29.3 Å². The lowest BCUT2D eigenvalue weighted by Gasteiger charge is -2.12. The van der Waals surface area contributed by atoms with E-state index in [1.165, 1.54) is 4.90 Å². The molecule has 5 heteroatoms. The lowest BCUT2D eigenvalue weighted by molar-refractivity contribution is -0.142. The molecule has 0 amide bonds. The first-order valence-corrected chi connectivity index (χ1v) is 7.25. The summed E-state index contributed by atoms with van der Waals surface area (Å²) in [6.45, 7) is 4.53. The number of nitrogens with one attached hydrogen (secondary N) is 1. The molecule has 0 aliphatic rings. The summed E-state index contributed by atoms with van der Waals surface area (Å²) in [5.41, 5.74) is 0. The predicted octanol–water partition coefficient (Wildman–Crippen LogP) is 2.97. The zero-order valence-electron chi connectivity index (χ0n) is 10.6. The third-order valence-corrected chi connectivity index (χ3v) is 3.74. The number of esters is 1. The SMILES string of the molecule is CCOC(=O)CN[C@@H](C)CSc1ccc(Cl)cc1. The van der Waals surface area contributed by atoms with Crippen molar-refractivity contribution in [3.05, 3.63) is 29.3 Å². The van der Waals surface area contributed by atoms with Crippen LogP contribution in [0.1, 0.15) is 13.8 Å². The standard InChI is InChI=1S/C13H18ClNO2S/c1-3-17-13(16)8-15-10(2)9-18-12-6-4-11(14)5-7-12/h4-7,10,15H,3,8-9H2,1-2H3/t10-/m0/s1. The van der Waals surface area contributed by atoms with Gasteiger partial charge in [0.15, 0.2) is 0 Å². The van der Waals surface area contributed by atoms with Crippen LogP contribution in [0.15, 0.2) is 29.2 Å². The van der Waals surface area contributed by atoms with Crippen molar-refractivity contribution in [2.45, 2.75) is 24.8 Å². The minimum absolute atomic E-state index is 0.208. The highest BCUT2D eigenvalue weighted by Crippen LogP contribution is 2.20. The summed E-state index contributed by atoms with van der Waals surface area (Å²) >= 11 is 7.54. The van der Waals surface area contributed by atoms with Crippen LogP contribution in [0.3, 0.4) is 0 Å². The summed E-state index contributed by atoms with van der Waals surface area (Å²) < 4.78 is 4.85. The largest absolute Gasteiger partial charge is 0.465 e. The normalized spacial score (nSPS) is 12.2. The van der Waals surface area contributed by atoms with Crippen molar-refractivity contribution in [2.24, 2.45) is 0 Å². The topological polar surface area (TPSA) is 38.3 Å². The number of benzene rings is 1. The number of rotatable bonds is 7. The van der Waals surface area contributed by atoms with E-state index in [-0.39, 0.29) is 18.6 Å². The van der Waals surface area contributed by atoms with Gasteiger partial charge in [-0.1, -0.05) is 11.6 Å². The first-order chi connectivity index (χ1) is 8.61. The number of hydrogen-bond acceptors (Lipinski definition) is 4. The van der Waals surface area contributed by atoms with E-state index < -0.39 is 0 Å². The van der Waals surface area contributed by atoms with Gasteiger partial charge in [0.2, 0.25) is 0 Å². The monoisotopic (exact) mass is 287 g/mol. The fraction of sp³-hybridized carbons (Fsp3) is 0.462. The maximum atomic E-state index is 11.2. The van der Waals surface area contributed by atoms with Gasteiger partial charge in [0.1, 0.15) is 0 Å². The Bertz CT molecular complexity index is 370. The van der Waals surface area contributed by atoms with Gasteiger partial charge >= 0.3 is 5.97 Å². The first kappa shape index (κ1) is 15.3. The molecule has 0 fully saturated rings. The van der Waals surface area contributed by atoms with E-state index in [1.807, 2.05) is 31.2 Å². The molecule has 1 aromatic carbocycles. The van der Waals surface area contributed by atoms with Gasteiger partial charge in [0.25, 0.3) is 0 Å². The van der Waals surface area contributed by atoms with E-state index in [0.29, 0.717) is 6.61 Å². The van der Waals surface area contributed by atoms with Crippen molar-refractivity contribution in [3.63, 3.8) is 0 Å². The van der Waals surface area contributed by atoms with Crippen LogP contribution < -0.4 is 5.32 Å². The number of carbonyl (C=O) groups excluding carboxylic acids is 1. The number of halogens is 1. The average Bonchev–Trinajstić information content (AvgIpc) is 2.36. The van der Waals surface area contributed by atoms with Crippen LogP contribution in [0.4, 0.5) is 0 Å². The van der Waals surface area contributed by atoms with Crippen molar-refractivity contribution in [3.8, 4) is 0 Å². The second-order valence-electron chi connectivity index (χ2n) is 3.85. The molecule has 1 rings (SSSR count). The van der Waals surface area contributed by atoms with Crippen LogP contribution >= 0.6 is 23.4 Å². The Morgan fingerprint density at radius 2 is 2.11 bits per heavy atom. The summed E-state index contributed by atoms with van der Waals surface area (Å²) in [5.74, 6) is 0.682. The van der Waals surface area contributed by atoms with Gasteiger partial charge in [-0.2, -0.15) is 0 Å². The summed E-state index contributed by atoms with van der Waals surface area (Å²) in [7, 11) is 0. The van der Waals surface area contributed by atoms with E-state index in [1.54, 1.807) is 18.7 Å². The maximum Gasteiger partial charge on any atom is 0.319 e. The number of hydrogen-bond donors (Lipinski definition) is 1. The summed E-state index contributed by atoms with van der Waals surface area (Å²) in [6, 6.07) is 7.98. The van der Waals surface area contributed by atoms with Crippen LogP contribution in [-0.2, 0) is 9.53 Å². The molecule has 18 heavy (non-hydrogen) atoms. The first-order valence-electron chi connectivity index (χ1n) is 5.89. The molecule has 100 valence electrons. The fourth-order valence-corrected chi connectivity index (χ4v) is 2.30. The van der Waals surface area contributed by atoms with Crippen LogP contribution in [0, 0.1) is 0 Å². The Kier molecular flexibility index (Phi) is 7.16. The van der Waals surface area contributed by atoms with Gasteiger partial charge in [-0.25, -0.2) is 0 Å². The van der Waals surface area contributed by atoms with E-state index in [2.05, 4.69) is 5.32 Å². The highest BCUT2D eigenvalue weighted by atomic mass is 35.5. The molecule has 0 aliphatic carbocycles. The highest BCUT2D eigenvalue weighted by Gasteiger charge is 2.06. The Morgan fingerprint density at radius 3 is 2.72 bits per heavy atom. The van der Waals surface area contributed by atoms with Gasteiger partial charge in [0, 0.05) is 21.7 Å². The van der Waals surface area contributed by atoms with Crippen molar-refractivity contribution in [1.29, 1.82) is 0 Å². The molecule has 0 aromatic heterocycles. The Balaban J connectivity index is 2.22. The van der Waals surface area contributed by atoms with Gasteiger partial charge in [-0.05, 0) is 38.1 Å². The molecule has 0 radical (unpaired) electrons. The quantitative estimate of drug-likeness (QED) is 0.618. The molecular formula is C13H18ClNO2S. The molecule has 0 saturated heterocycles. The zero-order chi connectivity index (χ0) is 13.4. The molecule has 0 heterocycles. The van der Waals surface area contributed by atoms with E-state index in [0.717, 1.165) is 10.8 Å². The molecule has 0 unspecified atom stereocenters. The van der Waals surface area contributed by atoms with Gasteiger partial charge in [-0.15, -0.1) is 11.8 Å². The highest BCUT2D eigenvalue weighted by molar-refractivity contribution is 7.99. The summed E-state index contributed by atoms with van der Waals surface area (Å²) in [4.78, 5) is 12.3.